The number of hydrogen-bond donors (Lipinski definition) is 0. The molecule has 0 fully saturated rings. The molecule has 5 heteroatoms. The molecule has 0 radical (unpaired) electrons. The molecule has 0 atom stereocenters. The summed E-state index contributed by atoms with van der Waals surface area (Å²) in [6.45, 7) is 4.95. The summed E-state index contributed by atoms with van der Waals surface area (Å²) in [5, 5.41) is 0.386. The van der Waals surface area contributed by atoms with Crippen LogP contribution < -0.4 is 4.74 Å². The highest BCUT2D eigenvalue weighted by atomic mass is 35.5. The first-order chi connectivity index (χ1) is 12.6. The minimum absolute atomic E-state index is 0.386. The molecule has 2 aromatic carbocycles. The average Bonchev–Trinajstić information content (AvgIpc) is 2.62. The van der Waals surface area contributed by atoms with Gasteiger partial charge in [-0.2, -0.15) is 4.98 Å². The molecule has 134 valence electrons. The zero-order chi connectivity index (χ0) is 18.4. The summed E-state index contributed by atoms with van der Waals surface area (Å²) >= 11 is 7.86. The summed E-state index contributed by atoms with van der Waals surface area (Å²) in [5.74, 6) is 1.68. The molecule has 0 amide bonds. The fourth-order valence-electron chi connectivity index (χ4n) is 2.30. The minimum Gasteiger partial charge on any atom is -0.478 e. The smallest absolute Gasteiger partial charge is 0.218 e. The maximum atomic E-state index is 6.14. The molecule has 0 N–H and O–H groups in total. The van der Waals surface area contributed by atoms with Crippen LogP contribution in [0.2, 0.25) is 5.15 Å². The Balaban J connectivity index is 1.73. The van der Waals surface area contributed by atoms with Gasteiger partial charge in [0.05, 0.1) is 6.61 Å². The lowest BCUT2D eigenvalue weighted by Gasteiger charge is -2.09. The number of aromatic nitrogens is 2. The van der Waals surface area contributed by atoms with Gasteiger partial charge in [-0.3, -0.25) is 0 Å². The summed E-state index contributed by atoms with van der Waals surface area (Å²) in [6, 6.07) is 20.1. The molecule has 0 aliphatic carbocycles. The summed E-state index contributed by atoms with van der Waals surface area (Å²) in [7, 11) is 0. The van der Waals surface area contributed by atoms with E-state index in [9.17, 15) is 0 Å². The van der Waals surface area contributed by atoms with E-state index in [1.54, 1.807) is 17.8 Å². The van der Waals surface area contributed by atoms with Gasteiger partial charge in [0.25, 0.3) is 0 Å². The van der Waals surface area contributed by atoms with E-state index in [2.05, 4.69) is 48.1 Å². The van der Waals surface area contributed by atoms with E-state index in [4.69, 9.17) is 16.3 Å². The van der Waals surface area contributed by atoms with Gasteiger partial charge in [0.15, 0.2) is 5.82 Å². The number of halogens is 1. The lowest BCUT2D eigenvalue weighted by molar-refractivity contribution is 0.279. The van der Waals surface area contributed by atoms with Crippen LogP contribution in [-0.4, -0.2) is 16.6 Å². The Hall–Kier alpha value is -2.04. The number of ether oxygens (including phenoxy) is 1. The molecule has 3 nitrogen and oxygen atoms in total. The molecule has 3 aromatic rings. The second-order valence-corrected chi connectivity index (χ2v) is 7.86. The molecule has 0 saturated heterocycles. The molecule has 0 unspecified atom stereocenters. The SMILES string of the molecule is CC(C)CCOc1cc(Cl)nc(-c2ccc(Sc3ccccc3)cc2)n1. The van der Waals surface area contributed by atoms with Gasteiger partial charge < -0.3 is 4.74 Å². The van der Waals surface area contributed by atoms with Crippen molar-refractivity contribution in [1.29, 1.82) is 0 Å². The maximum absolute atomic E-state index is 6.14. The van der Waals surface area contributed by atoms with E-state index in [0.29, 0.717) is 29.4 Å². The Kier molecular flexibility index (Phi) is 6.53. The predicted octanol–water partition coefficient (Wildman–Crippen LogP) is 6.37. The van der Waals surface area contributed by atoms with Gasteiger partial charge in [-0.05, 0) is 36.6 Å². The van der Waals surface area contributed by atoms with Gasteiger partial charge in [0, 0.05) is 21.4 Å². The molecule has 3 rings (SSSR count). The van der Waals surface area contributed by atoms with Crippen molar-refractivity contribution in [3.63, 3.8) is 0 Å². The van der Waals surface area contributed by atoms with E-state index in [-0.39, 0.29) is 0 Å². The third-order valence-electron chi connectivity index (χ3n) is 3.71. The average molecular weight is 385 g/mol. The van der Waals surface area contributed by atoms with Crippen molar-refractivity contribution >= 4 is 23.4 Å². The lowest BCUT2D eigenvalue weighted by Crippen LogP contribution is -2.03. The molecule has 0 aliphatic rings. The number of hydrogen-bond acceptors (Lipinski definition) is 4. The lowest BCUT2D eigenvalue weighted by atomic mass is 10.1. The second kappa shape index (κ2) is 9.06. The first-order valence-electron chi connectivity index (χ1n) is 8.61. The highest BCUT2D eigenvalue weighted by Crippen LogP contribution is 2.29. The van der Waals surface area contributed by atoms with Gasteiger partial charge in [-0.15, -0.1) is 0 Å². The van der Waals surface area contributed by atoms with Crippen LogP contribution in [0.25, 0.3) is 11.4 Å². The normalized spacial score (nSPS) is 10.9. The Morgan fingerprint density at radius 2 is 1.65 bits per heavy atom. The quantitative estimate of drug-likeness (QED) is 0.443. The number of rotatable bonds is 7. The predicted molar refractivity (Wildman–Crippen MR) is 108 cm³/mol. The van der Waals surface area contributed by atoms with Crippen LogP contribution in [0.5, 0.6) is 5.88 Å². The van der Waals surface area contributed by atoms with Crippen molar-refractivity contribution < 1.29 is 4.74 Å². The summed E-state index contributed by atoms with van der Waals surface area (Å²) < 4.78 is 5.72. The molecule has 1 heterocycles. The van der Waals surface area contributed by atoms with Gasteiger partial charge in [-0.25, -0.2) is 4.98 Å². The van der Waals surface area contributed by atoms with Crippen molar-refractivity contribution in [1.82, 2.24) is 9.97 Å². The standard InChI is InChI=1S/C21H21ClN2OS/c1-15(2)12-13-25-20-14-19(22)23-21(24-20)16-8-10-18(11-9-16)26-17-6-4-3-5-7-17/h3-11,14-15H,12-13H2,1-2H3. The van der Waals surface area contributed by atoms with Crippen LogP contribution in [0.1, 0.15) is 20.3 Å². The minimum atomic E-state index is 0.386. The van der Waals surface area contributed by atoms with Crippen LogP contribution in [0, 0.1) is 5.92 Å². The van der Waals surface area contributed by atoms with Crippen LogP contribution in [-0.2, 0) is 0 Å². The van der Waals surface area contributed by atoms with Crippen molar-refractivity contribution in [2.24, 2.45) is 5.92 Å². The Bertz CT molecular complexity index is 838. The monoisotopic (exact) mass is 384 g/mol. The zero-order valence-electron chi connectivity index (χ0n) is 14.9. The third-order valence-corrected chi connectivity index (χ3v) is 4.92. The zero-order valence-corrected chi connectivity index (χ0v) is 16.4. The molecule has 0 bridgehead atoms. The number of benzene rings is 2. The Morgan fingerprint density at radius 3 is 2.35 bits per heavy atom. The Morgan fingerprint density at radius 1 is 0.962 bits per heavy atom. The highest BCUT2D eigenvalue weighted by molar-refractivity contribution is 7.99. The van der Waals surface area contributed by atoms with E-state index < -0.39 is 0 Å². The van der Waals surface area contributed by atoms with E-state index >= 15 is 0 Å². The summed E-state index contributed by atoms with van der Waals surface area (Å²) in [4.78, 5) is 11.2. The summed E-state index contributed by atoms with van der Waals surface area (Å²) in [5.41, 5.74) is 0.915. The fraction of sp³-hybridized carbons (Fsp3) is 0.238. The van der Waals surface area contributed by atoms with Crippen molar-refractivity contribution in [3.05, 3.63) is 65.8 Å². The largest absolute Gasteiger partial charge is 0.478 e. The number of nitrogens with zero attached hydrogens (tertiary/aromatic N) is 2. The van der Waals surface area contributed by atoms with Crippen LogP contribution in [0.4, 0.5) is 0 Å². The first kappa shape index (κ1) is 18.7. The highest BCUT2D eigenvalue weighted by Gasteiger charge is 2.08. The van der Waals surface area contributed by atoms with E-state index in [0.717, 1.165) is 16.9 Å². The van der Waals surface area contributed by atoms with Crippen LogP contribution in [0.3, 0.4) is 0 Å². The van der Waals surface area contributed by atoms with Gasteiger partial charge in [0.2, 0.25) is 5.88 Å². The van der Waals surface area contributed by atoms with Crippen LogP contribution in [0.15, 0.2) is 70.5 Å². The van der Waals surface area contributed by atoms with Crippen LogP contribution >= 0.6 is 23.4 Å². The summed E-state index contributed by atoms with van der Waals surface area (Å²) in [6.07, 6.45) is 0.975. The molecular weight excluding hydrogens is 364 g/mol. The second-order valence-electron chi connectivity index (χ2n) is 6.32. The molecule has 26 heavy (non-hydrogen) atoms. The molecule has 1 aromatic heterocycles. The third kappa shape index (κ3) is 5.48. The molecule has 0 saturated carbocycles. The van der Waals surface area contributed by atoms with Crippen molar-refractivity contribution in [3.8, 4) is 17.3 Å². The molecule has 0 aliphatic heterocycles. The van der Waals surface area contributed by atoms with E-state index in [1.807, 2.05) is 30.3 Å². The topological polar surface area (TPSA) is 35.0 Å². The van der Waals surface area contributed by atoms with Gasteiger partial charge >= 0.3 is 0 Å². The molecular formula is C21H21ClN2OS. The maximum Gasteiger partial charge on any atom is 0.218 e. The van der Waals surface area contributed by atoms with Gasteiger partial charge in [-0.1, -0.05) is 67.5 Å². The Labute approximate surface area is 163 Å². The van der Waals surface area contributed by atoms with E-state index in [1.165, 1.54) is 4.90 Å². The fourth-order valence-corrected chi connectivity index (χ4v) is 3.31. The van der Waals surface area contributed by atoms with Crippen molar-refractivity contribution in [2.75, 3.05) is 6.61 Å². The van der Waals surface area contributed by atoms with Gasteiger partial charge in [0.1, 0.15) is 5.15 Å². The molecule has 0 spiro atoms. The van der Waals surface area contributed by atoms with Crippen molar-refractivity contribution in [2.45, 2.75) is 30.1 Å². The first-order valence-corrected chi connectivity index (χ1v) is 9.80.